The first-order chi connectivity index (χ1) is 14.5. The van der Waals surface area contributed by atoms with Gasteiger partial charge in [-0.05, 0) is 25.0 Å². The largest absolute Gasteiger partial charge is 0.455 e. The lowest BCUT2D eigenvalue weighted by Gasteiger charge is -2.28. The summed E-state index contributed by atoms with van der Waals surface area (Å²) in [5.41, 5.74) is 1.05. The normalized spacial score (nSPS) is 23.0. The van der Waals surface area contributed by atoms with Gasteiger partial charge in [0.15, 0.2) is 6.61 Å². The third kappa shape index (κ3) is 3.79. The molecule has 0 spiro atoms. The van der Waals surface area contributed by atoms with Gasteiger partial charge in [-0.15, -0.1) is 0 Å². The van der Waals surface area contributed by atoms with Crippen molar-refractivity contribution in [2.24, 2.45) is 11.8 Å². The fraction of sp³-hybridized carbons (Fsp3) is 0.476. The van der Waals surface area contributed by atoms with Crippen molar-refractivity contribution >= 4 is 41.0 Å². The summed E-state index contributed by atoms with van der Waals surface area (Å²) in [5, 5.41) is 2.68. The Hall–Kier alpha value is -3.23. The van der Waals surface area contributed by atoms with Crippen LogP contribution in [0.25, 0.3) is 0 Å². The number of likely N-dealkylation sites (tertiary alicyclic amines) is 1. The third-order valence-corrected chi connectivity index (χ3v) is 5.90. The van der Waals surface area contributed by atoms with E-state index < -0.39 is 18.5 Å². The van der Waals surface area contributed by atoms with Crippen LogP contribution in [0.5, 0.6) is 0 Å². The van der Waals surface area contributed by atoms with Crippen LogP contribution in [0.15, 0.2) is 24.3 Å². The number of rotatable bonds is 5. The molecule has 2 fully saturated rings. The lowest BCUT2D eigenvalue weighted by atomic mass is 9.81. The van der Waals surface area contributed by atoms with Crippen LogP contribution >= 0.6 is 0 Å². The first kappa shape index (κ1) is 20.1. The maximum atomic E-state index is 12.5. The summed E-state index contributed by atoms with van der Waals surface area (Å²) < 4.78 is 5.05. The van der Waals surface area contributed by atoms with Crippen LogP contribution in [0.4, 0.5) is 11.4 Å². The molecule has 158 valence electrons. The molecule has 2 heterocycles. The van der Waals surface area contributed by atoms with Crippen LogP contribution in [-0.4, -0.2) is 54.2 Å². The van der Waals surface area contributed by atoms with Gasteiger partial charge in [-0.1, -0.05) is 25.0 Å². The second-order valence-electron chi connectivity index (χ2n) is 7.78. The lowest BCUT2D eigenvalue weighted by molar-refractivity contribution is -0.149. The number of hydrogen-bond acceptors (Lipinski definition) is 6. The Morgan fingerprint density at radius 1 is 1.03 bits per heavy atom. The van der Waals surface area contributed by atoms with Crippen LogP contribution in [-0.2, 0) is 28.7 Å². The number of amides is 4. The number of imide groups is 1. The van der Waals surface area contributed by atoms with Crippen LogP contribution in [0.3, 0.4) is 0 Å². The minimum absolute atomic E-state index is 0.0351. The fourth-order valence-electron chi connectivity index (χ4n) is 4.40. The summed E-state index contributed by atoms with van der Waals surface area (Å²) in [4.78, 5) is 63.7. The molecule has 1 aliphatic carbocycles. The van der Waals surface area contributed by atoms with Crippen molar-refractivity contribution in [3.05, 3.63) is 24.3 Å². The van der Waals surface area contributed by atoms with Gasteiger partial charge in [0.25, 0.3) is 5.91 Å². The number of hydrogen-bond donors (Lipinski definition) is 1. The second kappa shape index (κ2) is 8.25. The zero-order valence-electron chi connectivity index (χ0n) is 16.5. The van der Waals surface area contributed by atoms with Crippen molar-refractivity contribution in [2.45, 2.75) is 32.1 Å². The van der Waals surface area contributed by atoms with E-state index in [4.69, 9.17) is 4.74 Å². The highest BCUT2D eigenvalue weighted by Gasteiger charge is 2.47. The molecule has 9 heteroatoms. The van der Waals surface area contributed by atoms with E-state index in [0.29, 0.717) is 11.4 Å². The van der Waals surface area contributed by atoms with Gasteiger partial charge in [-0.3, -0.25) is 33.8 Å². The molecule has 2 unspecified atom stereocenters. The van der Waals surface area contributed by atoms with E-state index in [0.717, 1.165) is 30.6 Å². The second-order valence-corrected chi connectivity index (χ2v) is 7.78. The predicted octanol–water partition coefficient (Wildman–Crippen LogP) is 1.08. The molecule has 2 aliphatic heterocycles. The maximum absolute atomic E-state index is 12.5. The molecule has 4 amide bonds. The molecule has 30 heavy (non-hydrogen) atoms. The minimum Gasteiger partial charge on any atom is -0.455 e. The smallest absolute Gasteiger partial charge is 0.308 e. The molecule has 9 nitrogen and oxygen atoms in total. The number of carbonyl (C=O) groups excluding carboxylic acids is 5. The number of carbonyl (C=O) groups is 5. The van der Waals surface area contributed by atoms with Crippen LogP contribution in [0, 0.1) is 11.8 Å². The molecule has 1 aromatic rings. The lowest BCUT2D eigenvalue weighted by Crippen LogP contribution is -2.44. The van der Waals surface area contributed by atoms with E-state index in [-0.39, 0.29) is 49.1 Å². The topological polar surface area (TPSA) is 113 Å². The molecule has 1 saturated carbocycles. The number of para-hydroxylation sites is 2. The number of nitrogens with one attached hydrogen (secondary N) is 1. The van der Waals surface area contributed by atoms with Crippen LogP contribution < -0.4 is 10.2 Å². The molecule has 4 rings (SSSR count). The Kier molecular flexibility index (Phi) is 5.52. The van der Waals surface area contributed by atoms with Gasteiger partial charge in [0.1, 0.15) is 6.54 Å². The Labute approximate surface area is 173 Å². The van der Waals surface area contributed by atoms with Gasteiger partial charge >= 0.3 is 5.97 Å². The van der Waals surface area contributed by atoms with Crippen molar-refractivity contribution < 1.29 is 28.7 Å². The zero-order valence-corrected chi connectivity index (χ0v) is 16.5. The van der Waals surface area contributed by atoms with Gasteiger partial charge in [-0.25, -0.2) is 0 Å². The third-order valence-electron chi connectivity index (χ3n) is 5.90. The number of esters is 1. The zero-order chi connectivity index (χ0) is 21.3. The van der Waals surface area contributed by atoms with Gasteiger partial charge in [0, 0.05) is 6.54 Å². The van der Waals surface area contributed by atoms with Crippen molar-refractivity contribution in [3.8, 4) is 0 Å². The predicted molar refractivity (Wildman–Crippen MR) is 105 cm³/mol. The SMILES string of the molecule is O=C1CN(C(=O)COC(=O)CCN2C(=O)C3CCCCC3C2=O)c2ccccc2N1. The summed E-state index contributed by atoms with van der Waals surface area (Å²) in [6, 6.07) is 6.85. The minimum atomic E-state index is -0.673. The molecule has 1 aromatic carbocycles. The van der Waals surface area contributed by atoms with E-state index in [1.807, 2.05) is 0 Å². The van der Waals surface area contributed by atoms with Crippen molar-refractivity contribution in [1.82, 2.24) is 4.90 Å². The quantitative estimate of drug-likeness (QED) is 0.571. The maximum Gasteiger partial charge on any atom is 0.308 e. The molecule has 0 bridgehead atoms. The summed E-state index contributed by atoms with van der Waals surface area (Å²) in [6.07, 6.45) is 3.15. The molecular weight excluding hydrogens is 390 g/mol. The van der Waals surface area contributed by atoms with Gasteiger partial charge < -0.3 is 10.1 Å². The number of nitrogens with zero attached hydrogens (tertiary/aromatic N) is 2. The average Bonchev–Trinajstić information content (AvgIpc) is 3.00. The van der Waals surface area contributed by atoms with E-state index >= 15 is 0 Å². The van der Waals surface area contributed by atoms with E-state index in [2.05, 4.69) is 5.32 Å². The number of ether oxygens (including phenoxy) is 1. The summed E-state index contributed by atoms with van der Waals surface area (Å²) in [6.45, 7) is -0.715. The standard InChI is InChI=1S/C21H23N3O6/c25-17-11-24(16-8-4-3-7-15(16)22-17)18(26)12-30-19(27)9-10-23-20(28)13-5-1-2-6-14(13)21(23)29/h3-4,7-8,13-14H,1-2,5-6,9-12H2,(H,22,25). The summed E-state index contributed by atoms with van der Waals surface area (Å²) >= 11 is 0. The summed E-state index contributed by atoms with van der Waals surface area (Å²) in [5.74, 6) is -2.45. The van der Waals surface area contributed by atoms with E-state index in [1.54, 1.807) is 24.3 Å². The molecule has 0 radical (unpaired) electrons. The number of anilines is 2. The molecule has 2 atom stereocenters. The van der Waals surface area contributed by atoms with Crippen molar-refractivity contribution in [2.75, 3.05) is 29.9 Å². The molecule has 3 aliphatic rings. The summed E-state index contributed by atoms with van der Waals surface area (Å²) in [7, 11) is 0. The fourth-order valence-corrected chi connectivity index (χ4v) is 4.40. The number of benzene rings is 1. The van der Waals surface area contributed by atoms with Gasteiger partial charge in [0.05, 0.1) is 29.6 Å². The molecule has 1 N–H and O–H groups in total. The Bertz CT molecular complexity index is 890. The van der Waals surface area contributed by atoms with Crippen LogP contribution in [0.1, 0.15) is 32.1 Å². The Morgan fingerprint density at radius 2 is 1.70 bits per heavy atom. The van der Waals surface area contributed by atoms with Crippen molar-refractivity contribution in [3.63, 3.8) is 0 Å². The molecule has 1 saturated heterocycles. The van der Waals surface area contributed by atoms with Gasteiger partial charge in [0.2, 0.25) is 17.7 Å². The number of fused-ring (bicyclic) bond motifs is 2. The van der Waals surface area contributed by atoms with E-state index in [9.17, 15) is 24.0 Å². The highest BCUT2D eigenvalue weighted by molar-refractivity contribution is 6.10. The average molecular weight is 413 g/mol. The highest BCUT2D eigenvalue weighted by Crippen LogP contribution is 2.38. The first-order valence-corrected chi connectivity index (χ1v) is 10.2. The molecular formula is C21H23N3O6. The monoisotopic (exact) mass is 413 g/mol. The van der Waals surface area contributed by atoms with Crippen molar-refractivity contribution in [1.29, 1.82) is 0 Å². The Morgan fingerprint density at radius 3 is 2.40 bits per heavy atom. The Balaban J connectivity index is 1.29. The first-order valence-electron chi connectivity index (χ1n) is 10.2. The highest BCUT2D eigenvalue weighted by atomic mass is 16.5. The van der Waals surface area contributed by atoms with E-state index in [1.165, 1.54) is 4.90 Å². The van der Waals surface area contributed by atoms with Gasteiger partial charge in [-0.2, -0.15) is 0 Å². The molecule has 0 aromatic heterocycles. The van der Waals surface area contributed by atoms with Crippen LogP contribution in [0.2, 0.25) is 0 Å².